The Morgan fingerprint density at radius 3 is 2.41 bits per heavy atom. The lowest BCUT2D eigenvalue weighted by atomic mass is 10.1. The molecule has 1 N–H and O–H groups in total. The fourth-order valence-corrected chi connectivity index (χ4v) is 3.12. The first-order chi connectivity index (χ1) is 14.1. The summed E-state index contributed by atoms with van der Waals surface area (Å²) in [6, 6.07) is 17.0. The predicted molar refractivity (Wildman–Crippen MR) is 110 cm³/mol. The molecule has 0 saturated carbocycles. The van der Waals surface area contributed by atoms with E-state index in [2.05, 4.69) is 21.5 Å². The number of rotatable bonds is 5. The quantitative estimate of drug-likeness (QED) is 0.533. The van der Waals surface area contributed by atoms with Gasteiger partial charge in [0.2, 0.25) is 5.88 Å². The molecule has 7 heteroatoms. The lowest BCUT2D eigenvalue weighted by Crippen LogP contribution is -2.03. The molecule has 144 valence electrons. The lowest BCUT2D eigenvalue weighted by molar-refractivity contribution is 0.415. The Morgan fingerprint density at radius 1 is 1.03 bits per heavy atom. The summed E-state index contributed by atoms with van der Waals surface area (Å²) in [6.07, 6.45) is 1.67. The first-order valence-electron chi connectivity index (χ1n) is 9.02. The Balaban J connectivity index is 1.71. The maximum absolute atomic E-state index is 9.16. The standard InChI is InChI=1S/C22H19N5O2/c1-14-10-16(13-23)11-15(2)22(14)29-21-12-19(26-20-8-9-24-27(20)21)25-17-4-6-18(28-3)7-5-17/h4-12H,1-3H3,(H,25,26). The monoisotopic (exact) mass is 385 g/mol. The number of hydrogen-bond donors (Lipinski definition) is 1. The highest BCUT2D eigenvalue weighted by Crippen LogP contribution is 2.31. The largest absolute Gasteiger partial charge is 0.497 e. The molecule has 2 heterocycles. The van der Waals surface area contributed by atoms with Crippen molar-refractivity contribution in [1.82, 2.24) is 14.6 Å². The van der Waals surface area contributed by atoms with E-state index in [9.17, 15) is 0 Å². The number of fused-ring (bicyclic) bond motifs is 1. The van der Waals surface area contributed by atoms with Crippen LogP contribution in [-0.4, -0.2) is 21.7 Å². The van der Waals surface area contributed by atoms with Gasteiger partial charge in [0.1, 0.15) is 17.3 Å². The molecule has 0 saturated heterocycles. The highest BCUT2D eigenvalue weighted by atomic mass is 16.5. The minimum absolute atomic E-state index is 0.520. The van der Waals surface area contributed by atoms with Gasteiger partial charge in [-0.1, -0.05) is 0 Å². The first kappa shape index (κ1) is 18.3. The molecule has 4 rings (SSSR count). The average Bonchev–Trinajstić information content (AvgIpc) is 3.20. The van der Waals surface area contributed by atoms with E-state index < -0.39 is 0 Å². The number of aryl methyl sites for hydroxylation is 2. The SMILES string of the molecule is COc1ccc(Nc2cc(Oc3c(C)cc(C#N)cc3C)n3nccc3n2)cc1. The van der Waals surface area contributed by atoms with Crippen molar-refractivity contribution >= 4 is 17.2 Å². The van der Waals surface area contributed by atoms with Crippen LogP contribution >= 0.6 is 0 Å². The van der Waals surface area contributed by atoms with Gasteiger partial charge in [-0.3, -0.25) is 0 Å². The Kier molecular flexibility index (Phi) is 4.75. The van der Waals surface area contributed by atoms with Crippen LogP contribution in [0.2, 0.25) is 0 Å². The fraction of sp³-hybridized carbons (Fsp3) is 0.136. The summed E-state index contributed by atoms with van der Waals surface area (Å²) in [5.41, 5.74) is 3.89. The maximum Gasteiger partial charge on any atom is 0.226 e. The molecule has 2 aromatic heterocycles. The van der Waals surface area contributed by atoms with Crippen LogP contribution in [0.4, 0.5) is 11.5 Å². The van der Waals surface area contributed by atoms with E-state index in [1.807, 2.05) is 44.2 Å². The Labute approximate surface area is 168 Å². The Morgan fingerprint density at radius 2 is 1.76 bits per heavy atom. The maximum atomic E-state index is 9.16. The highest BCUT2D eigenvalue weighted by Gasteiger charge is 2.13. The molecule has 4 aromatic rings. The second-order valence-corrected chi connectivity index (χ2v) is 6.59. The van der Waals surface area contributed by atoms with Crippen LogP contribution in [0.25, 0.3) is 5.65 Å². The topological polar surface area (TPSA) is 84.5 Å². The second kappa shape index (κ2) is 7.52. The van der Waals surface area contributed by atoms with E-state index in [0.29, 0.717) is 28.7 Å². The molecular formula is C22H19N5O2. The van der Waals surface area contributed by atoms with E-state index in [-0.39, 0.29) is 0 Å². The molecular weight excluding hydrogens is 366 g/mol. The molecule has 0 aliphatic heterocycles. The summed E-state index contributed by atoms with van der Waals surface area (Å²) in [6.45, 7) is 3.84. The summed E-state index contributed by atoms with van der Waals surface area (Å²) < 4.78 is 13.0. The van der Waals surface area contributed by atoms with Crippen molar-refractivity contribution in [2.24, 2.45) is 0 Å². The van der Waals surface area contributed by atoms with Gasteiger partial charge in [-0.15, -0.1) is 0 Å². The van der Waals surface area contributed by atoms with Crippen molar-refractivity contribution in [3.8, 4) is 23.4 Å². The molecule has 0 aliphatic carbocycles. The van der Waals surface area contributed by atoms with Gasteiger partial charge in [-0.2, -0.15) is 14.9 Å². The first-order valence-corrected chi connectivity index (χ1v) is 9.02. The molecule has 0 aliphatic rings. The van der Waals surface area contributed by atoms with Crippen molar-refractivity contribution in [3.05, 3.63) is 71.4 Å². The molecule has 0 spiro atoms. The van der Waals surface area contributed by atoms with Crippen LogP contribution in [0.15, 0.2) is 54.7 Å². The number of ether oxygens (including phenoxy) is 2. The normalized spacial score (nSPS) is 10.6. The number of anilines is 2. The average molecular weight is 385 g/mol. The Bertz CT molecular complexity index is 1200. The summed E-state index contributed by atoms with van der Waals surface area (Å²) in [7, 11) is 1.63. The van der Waals surface area contributed by atoms with E-state index in [0.717, 1.165) is 22.6 Å². The smallest absolute Gasteiger partial charge is 0.226 e. The van der Waals surface area contributed by atoms with E-state index in [1.165, 1.54) is 0 Å². The molecule has 2 aromatic carbocycles. The zero-order chi connectivity index (χ0) is 20.4. The van der Waals surface area contributed by atoms with Gasteiger partial charge in [0.05, 0.1) is 24.9 Å². The van der Waals surface area contributed by atoms with Crippen molar-refractivity contribution < 1.29 is 9.47 Å². The third kappa shape index (κ3) is 3.69. The molecule has 0 bridgehead atoms. The number of methoxy groups -OCH3 is 1. The summed E-state index contributed by atoms with van der Waals surface area (Å²) in [5, 5.41) is 16.8. The van der Waals surface area contributed by atoms with Gasteiger partial charge in [0.15, 0.2) is 5.65 Å². The van der Waals surface area contributed by atoms with Gasteiger partial charge in [-0.05, 0) is 61.4 Å². The third-order valence-corrected chi connectivity index (χ3v) is 4.49. The van der Waals surface area contributed by atoms with Gasteiger partial charge < -0.3 is 14.8 Å². The molecule has 0 amide bonds. The number of nitrogens with one attached hydrogen (secondary N) is 1. The molecule has 7 nitrogen and oxygen atoms in total. The van der Waals surface area contributed by atoms with E-state index >= 15 is 0 Å². The van der Waals surface area contributed by atoms with Crippen LogP contribution in [0.1, 0.15) is 16.7 Å². The molecule has 29 heavy (non-hydrogen) atoms. The zero-order valence-electron chi connectivity index (χ0n) is 16.3. The van der Waals surface area contributed by atoms with Crippen molar-refractivity contribution in [3.63, 3.8) is 0 Å². The van der Waals surface area contributed by atoms with Gasteiger partial charge in [0.25, 0.3) is 0 Å². The van der Waals surface area contributed by atoms with Crippen LogP contribution in [0, 0.1) is 25.2 Å². The van der Waals surface area contributed by atoms with E-state index in [1.54, 1.807) is 36.0 Å². The minimum Gasteiger partial charge on any atom is -0.497 e. The molecule has 0 unspecified atom stereocenters. The van der Waals surface area contributed by atoms with Crippen molar-refractivity contribution in [2.75, 3.05) is 12.4 Å². The van der Waals surface area contributed by atoms with Crippen LogP contribution < -0.4 is 14.8 Å². The van der Waals surface area contributed by atoms with Gasteiger partial charge >= 0.3 is 0 Å². The molecule has 0 atom stereocenters. The van der Waals surface area contributed by atoms with Crippen LogP contribution in [0.3, 0.4) is 0 Å². The van der Waals surface area contributed by atoms with Gasteiger partial charge in [0, 0.05) is 17.8 Å². The highest BCUT2D eigenvalue weighted by molar-refractivity contribution is 5.61. The summed E-state index contributed by atoms with van der Waals surface area (Å²) >= 11 is 0. The Hall–Kier alpha value is -4.05. The zero-order valence-corrected chi connectivity index (χ0v) is 16.3. The number of hydrogen-bond acceptors (Lipinski definition) is 6. The number of nitriles is 1. The lowest BCUT2D eigenvalue weighted by Gasteiger charge is -2.14. The summed E-state index contributed by atoms with van der Waals surface area (Å²) in [5.74, 6) is 2.63. The summed E-state index contributed by atoms with van der Waals surface area (Å²) in [4.78, 5) is 4.58. The number of benzene rings is 2. The second-order valence-electron chi connectivity index (χ2n) is 6.59. The van der Waals surface area contributed by atoms with Crippen LogP contribution in [0.5, 0.6) is 17.4 Å². The van der Waals surface area contributed by atoms with E-state index in [4.69, 9.17) is 14.7 Å². The number of aromatic nitrogens is 3. The minimum atomic E-state index is 0.520. The number of nitrogens with zero attached hydrogens (tertiary/aromatic N) is 4. The fourth-order valence-electron chi connectivity index (χ4n) is 3.12. The van der Waals surface area contributed by atoms with Crippen molar-refractivity contribution in [1.29, 1.82) is 5.26 Å². The van der Waals surface area contributed by atoms with Crippen molar-refractivity contribution in [2.45, 2.75) is 13.8 Å². The van der Waals surface area contributed by atoms with Gasteiger partial charge in [-0.25, -0.2) is 4.98 Å². The third-order valence-electron chi connectivity index (χ3n) is 4.49. The molecule has 0 radical (unpaired) electrons. The van der Waals surface area contributed by atoms with Crippen LogP contribution in [-0.2, 0) is 0 Å². The predicted octanol–water partition coefficient (Wildman–Crippen LogP) is 4.76. The molecule has 0 fully saturated rings.